The van der Waals surface area contributed by atoms with Crippen molar-refractivity contribution >= 4 is 39.9 Å². The Morgan fingerprint density at radius 3 is 2.40 bits per heavy atom. The molecule has 0 spiro atoms. The second-order valence-electron chi connectivity index (χ2n) is 6.60. The fraction of sp³-hybridized carbons (Fsp3) is 0.200. The van der Waals surface area contributed by atoms with Gasteiger partial charge < -0.3 is 10.3 Å². The van der Waals surface area contributed by atoms with E-state index in [0.29, 0.717) is 16.3 Å². The number of aromatic nitrogens is 1. The zero-order valence-corrected chi connectivity index (χ0v) is 15.1. The summed E-state index contributed by atoms with van der Waals surface area (Å²) in [5, 5.41) is 4.54. The van der Waals surface area contributed by atoms with Crippen molar-refractivity contribution < 1.29 is 9.59 Å². The molecule has 4 nitrogen and oxygen atoms in total. The fourth-order valence-electron chi connectivity index (χ4n) is 2.81. The van der Waals surface area contributed by atoms with Gasteiger partial charge in [-0.2, -0.15) is 0 Å². The van der Waals surface area contributed by atoms with Crippen LogP contribution in [0.15, 0.2) is 48.7 Å². The molecular weight excluding hydrogens is 336 g/mol. The number of Topliss-reactive ketones (excluding diaryl/α,β-unsaturated/α-hetero) is 1. The monoisotopic (exact) mass is 354 g/mol. The number of ketones is 1. The average Bonchev–Trinajstić information content (AvgIpc) is 2.98. The van der Waals surface area contributed by atoms with Crippen LogP contribution >= 0.6 is 11.6 Å². The number of hydrogen-bond acceptors (Lipinski definition) is 2. The minimum atomic E-state index is -0.745. The third-order valence-corrected chi connectivity index (χ3v) is 4.67. The number of carbonyl (C=O) groups excluding carboxylic acids is 2. The zero-order valence-electron chi connectivity index (χ0n) is 14.3. The smallest absolute Gasteiger partial charge is 0.234 e. The van der Waals surface area contributed by atoms with Gasteiger partial charge in [0, 0.05) is 33.4 Å². The number of carbonyl (C=O) groups is 2. The predicted octanol–water partition coefficient (Wildman–Crippen LogP) is 4.94. The molecule has 0 aliphatic heterocycles. The maximum Gasteiger partial charge on any atom is 0.234 e. The molecule has 0 aliphatic carbocycles. The number of rotatable bonds is 4. The van der Waals surface area contributed by atoms with Crippen molar-refractivity contribution in [2.75, 3.05) is 5.32 Å². The van der Waals surface area contributed by atoms with Gasteiger partial charge >= 0.3 is 0 Å². The predicted molar refractivity (Wildman–Crippen MR) is 101 cm³/mol. The molecule has 0 radical (unpaired) electrons. The highest BCUT2D eigenvalue weighted by Crippen LogP contribution is 2.32. The number of aromatic amines is 1. The van der Waals surface area contributed by atoms with Crippen LogP contribution in [-0.4, -0.2) is 16.7 Å². The fourth-order valence-corrected chi connectivity index (χ4v) is 2.99. The first-order valence-electron chi connectivity index (χ1n) is 7.98. The van der Waals surface area contributed by atoms with E-state index in [4.69, 9.17) is 11.6 Å². The largest absolute Gasteiger partial charge is 0.361 e. The zero-order chi connectivity index (χ0) is 18.2. The van der Waals surface area contributed by atoms with Crippen LogP contribution in [0.2, 0.25) is 5.02 Å². The molecule has 2 N–H and O–H groups in total. The van der Waals surface area contributed by atoms with Gasteiger partial charge in [0.1, 0.15) is 0 Å². The third kappa shape index (κ3) is 3.30. The lowest BCUT2D eigenvalue weighted by molar-refractivity contribution is -0.120. The molecule has 0 aliphatic rings. The topological polar surface area (TPSA) is 62.0 Å². The van der Waals surface area contributed by atoms with E-state index < -0.39 is 5.41 Å². The lowest BCUT2D eigenvalue weighted by atomic mass is 9.83. The van der Waals surface area contributed by atoms with Crippen LogP contribution in [0.1, 0.15) is 36.7 Å². The van der Waals surface area contributed by atoms with Crippen molar-refractivity contribution in [3.63, 3.8) is 0 Å². The highest BCUT2D eigenvalue weighted by atomic mass is 35.5. The van der Waals surface area contributed by atoms with Gasteiger partial charge in [-0.05, 0) is 62.7 Å². The lowest BCUT2D eigenvalue weighted by Crippen LogP contribution is -2.34. The number of fused-ring (bicyclic) bond motifs is 1. The minimum absolute atomic E-state index is 0.00402. The number of benzene rings is 2. The van der Waals surface area contributed by atoms with Gasteiger partial charge in [-0.1, -0.05) is 17.7 Å². The highest BCUT2D eigenvalue weighted by Gasteiger charge is 2.32. The molecule has 2 aromatic carbocycles. The molecule has 1 aromatic heterocycles. The van der Waals surface area contributed by atoms with Crippen LogP contribution in [-0.2, 0) is 10.2 Å². The average molecular weight is 355 g/mol. The number of hydrogen-bond donors (Lipinski definition) is 2. The normalized spacial score (nSPS) is 11.5. The molecule has 0 fully saturated rings. The molecule has 0 unspecified atom stereocenters. The molecule has 0 bridgehead atoms. The summed E-state index contributed by atoms with van der Waals surface area (Å²) in [6.45, 7) is 5.27. The van der Waals surface area contributed by atoms with Crippen LogP contribution in [0.5, 0.6) is 0 Å². The quantitative estimate of drug-likeness (QED) is 0.652. The first-order valence-corrected chi connectivity index (χ1v) is 8.36. The van der Waals surface area contributed by atoms with E-state index in [1.54, 1.807) is 24.3 Å². The summed E-state index contributed by atoms with van der Waals surface area (Å²) in [5.41, 5.74) is 2.33. The molecule has 1 heterocycles. The lowest BCUT2D eigenvalue weighted by Gasteiger charge is -2.23. The van der Waals surface area contributed by atoms with Crippen molar-refractivity contribution in [2.45, 2.75) is 26.2 Å². The summed E-state index contributed by atoms with van der Waals surface area (Å²) in [6.07, 6.45) is 1.85. The van der Waals surface area contributed by atoms with Gasteiger partial charge in [0.25, 0.3) is 0 Å². The standard InChI is InChI=1S/C20H19ClN2O2/c1-12(24)13-4-7-15(8-5-13)23-19(25)20(2,3)17-11-22-18-10-14(21)6-9-16(17)18/h4-11,22H,1-3H3,(H,23,25). The Kier molecular flexibility index (Phi) is 4.39. The van der Waals surface area contributed by atoms with Crippen LogP contribution in [0.3, 0.4) is 0 Å². The Morgan fingerprint density at radius 2 is 1.76 bits per heavy atom. The van der Waals surface area contributed by atoms with Crippen LogP contribution < -0.4 is 5.32 Å². The number of nitrogens with one attached hydrogen (secondary N) is 2. The molecule has 0 saturated heterocycles. The van der Waals surface area contributed by atoms with E-state index in [0.717, 1.165) is 16.5 Å². The third-order valence-electron chi connectivity index (χ3n) is 4.43. The summed E-state index contributed by atoms with van der Waals surface area (Å²) in [5.74, 6) is -0.130. The van der Waals surface area contributed by atoms with Crippen molar-refractivity contribution in [3.05, 3.63) is 64.8 Å². The molecule has 25 heavy (non-hydrogen) atoms. The molecule has 3 aromatic rings. The number of H-pyrrole nitrogens is 1. The first-order chi connectivity index (χ1) is 11.8. The van der Waals surface area contributed by atoms with Gasteiger partial charge in [-0.15, -0.1) is 0 Å². The van der Waals surface area contributed by atoms with Gasteiger partial charge in [0.15, 0.2) is 5.78 Å². The molecule has 1 amide bonds. The van der Waals surface area contributed by atoms with Crippen molar-refractivity contribution in [2.24, 2.45) is 0 Å². The van der Waals surface area contributed by atoms with Gasteiger partial charge in [0.05, 0.1) is 5.41 Å². The second kappa shape index (κ2) is 6.37. The number of amides is 1. The molecule has 3 rings (SSSR count). The molecule has 0 saturated carbocycles. The molecule has 128 valence electrons. The summed E-state index contributed by atoms with van der Waals surface area (Å²) < 4.78 is 0. The van der Waals surface area contributed by atoms with E-state index in [9.17, 15) is 9.59 Å². The van der Waals surface area contributed by atoms with E-state index in [1.807, 2.05) is 38.2 Å². The van der Waals surface area contributed by atoms with Crippen molar-refractivity contribution in [3.8, 4) is 0 Å². The number of halogens is 1. The Morgan fingerprint density at radius 1 is 1.08 bits per heavy atom. The Balaban J connectivity index is 1.87. The van der Waals surface area contributed by atoms with E-state index >= 15 is 0 Å². The summed E-state index contributed by atoms with van der Waals surface area (Å²) >= 11 is 6.02. The highest BCUT2D eigenvalue weighted by molar-refractivity contribution is 6.31. The van der Waals surface area contributed by atoms with Crippen molar-refractivity contribution in [1.82, 2.24) is 4.98 Å². The Hall–Kier alpha value is -2.59. The SMILES string of the molecule is CC(=O)c1ccc(NC(=O)C(C)(C)c2c[nH]c3cc(Cl)ccc23)cc1. The van der Waals surface area contributed by atoms with Gasteiger partial charge in [-0.25, -0.2) is 0 Å². The molecule has 5 heteroatoms. The van der Waals surface area contributed by atoms with E-state index in [1.165, 1.54) is 6.92 Å². The van der Waals surface area contributed by atoms with E-state index in [-0.39, 0.29) is 11.7 Å². The summed E-state index contributed by atoms with van der Waals surface area (Å²) in [4.78, 5) is 27.4. The van der Waals surface area contributed by atoms with Gasteiger partial charge in [-0.3, -0.25) is 9.59 Å². The summed E-state index contributed by atoms with van der Waals surface area (Å²) in [7, 11) is 0. The van der Waals surface area contributed by atoms with E-state index in [2.05, 4.69) is 10.3 Å². The minimum Gasteiger partial charge on any atom is -0.361 e. The maximum atomic E-state index is 12.8. The summed E-state index contributed by atoms with van der Waals surface area (Å²) in [6, 6.07) is 12.5. The van der Waals surface area contributed by atoms with Crippen molar-refractivity contribution in [1.29, 1.82) is 0 Å². The Bertz CT molecular complexity index is 955. The first kappa shape index (κ1) is 17.2. The van der Waals surface area contributed by atoms with Crippen LogP contribution in [0, 0.1) is 0 Å². The maximum absolute atomic E-state index is 12.8. The molecule has 0 atom stereocenters. The number of anilines is 1. The van der Waals surface area contributed by atoms with Crippen LogP contribution in [0.25, 0.3) is 10.9 Å². The molecular formula is C20H19ClN2O2. The second-order valence-corrected chi connectivity index (χ2v) is 7.04. The van der Waals surface area contributed by atoms with Crippen LogP contribution in [0.4, 0.5) is 5.69 Å². The Labute approximate surface area is 151 Å². The van der Waals surface area contributed by atoms with Gasteiger partial charge in [0.2, 0.25) is 5.91 Å².